The molecule has 1 amide bonds. The predicted octanol–water partition coefficient (Wildman–Crippen LogP) is -0.525. The molecule has 1 saturated heterocycles. The lowest BCUT2D eigenvalue weighted by Gasteiger charge is -2.27. The summed E-state index contributed by atoms with van der Waals surface area (Å²) in [7, 11) is -3.15. The molecule has 20 heavy (non-hydrogen) atoms. The van der Waals surface area contributed by atoms with E-state index in [2.05, 4.69) is 5.32 Å². The summed E-state index contributed by atoms with van der Waals surface area (Å²) in [5.41, 5.74) is 0. The largest absolute Gasteiger partial charge is 0.480 e. The lowest BCUT2D eigenvalue weighted by Crippen LogP contribution is -2.48. The van der Waals surface area contributed by atoms with E-state index in [1.54, 1.807) is 0 Å². The zero-order valence-corrected chi connectivity index (χ0v) is 12.6. The molecule has 2 unspecified atom stereocenters. The maximum atomic E-state index is 12.1. The molecule has 1 aliphatic rings. The number of hydrogen-bond acceptors (Lipinski definition) is 5. The van der Waals surface area contributed by atoms with Crippen LogP contribution in [0.15, 0.2) is 0 Å². The fraction of sp³-hybridized carbons (Fsp3) is 0.833. The summed E-state index contributed by atoms with van der Waals surface area (Å²) in [6, 6.07) is -0.375. The fourth-order valence-corrected chi connectivity index (χ4v) is 3.83. The van der Waals surface area contributed by atoms with Crippen LogP contribution in [0.2, 0.25) is 0 Å². The van der Waals surface area contributed by atoms with Crippen LogP contribution >= 0.6 is 0 Å². The Morgan fingerprint density at radius 3 is 2.55 bits per heavy atom. The number of sulfone groups is 1. The minimum Gasteiger partial charge on any atom is -0.480 e. The van der Waals surface area contributed by atoms with Crippen LogP contribution in [0, 0.1) is 0 Å². The third kappa shape index (κ3) is 5.09. The Morgan fingerprint density at radius 2 is 2.10 bits per heavy atom. The number of amides is 1. The summed E-state index contributed by atoms with van der Waals surface area (Å²) in [5, 5.41) is 11.9. The Hall–Kier alpha value is -1.15. The highest BCUT2D eigenvalue weighted by Crippen LogP contribution is 2.17. The molecule has 1 aliphatic heterocycles. The normalized spacial score (nSPS) is 22.4. The molecule has 0 radical (unpaired) electrons. The molecule has 0 aromatic heterocycles. The molecular weight excluding hydrogens is 284 g/mol. The van der Waals surface area contributed by atoms with Crippen molar-refractivity contribution >= 4 is 21.7 Å². The summed E-state index contributed by atoms with van der Waals surface area (Å²) < 4.78 is 22.9. The number of nitrogens with one attached hydrogen (secondary N) is 1. The summed E-state index contributed by atoms with van der Waals surface area (Å²) in [4.78, 5) is 24.1. The minimum atomic E-state index is -3.15. The van der Waals surface area contributed by atoms with Gasteiger partial charge in [0.15, 0.2) is 9.84 Å². The SMILES string of the molecule is CCC(C)NCC(=O)N(CC(=O)O)C1CCS(=O)(=O)C1. The van der Waals surface area contributed by atoms with Gasteiger partial charge < -0.3 is 15.3 Å². The molecule has 0 bridgehead atoms. The van der Waals surface area contributed by atoms with Crippen LogP contribution in [0.25, 0.3) is 0 Å². The Bertz CT molecular complexity index is 462. The maximum absolute atomic E-state index is 12.1. The lowest BCUT2D eigenvalue weighted by atomic mass is 10.2. The fourth-order valence-electron chi connectivity index (χ4n) is 2.10. The van der Waals surface area contributed by atoms with E-state index >= 15 is 0 Å². The summed E-state index contributed by atoms with van der Waals surface area (Å²) in [6.07, 6.45) is 1.16. The molecule has 2 atom stereocenters. The van der Waals surface area contributed by atoms with E-state index in [-0.39, 0.29) is 30.0 Å². The van der Waals surface area contributed by atoms with E-state index in [0.717, 1.165) is 6.42 Å². The first-order chi connectivity index (χ1) is 9.25. The Morgan fingerprint density at radius 1 is 1.45 bits per heavy atom. The van der Waals surface area contributed by atoms with Crippen LogP contribution in [0.4, 0.5) is 0 Å². The van der Waals surface area contributed by atoms with Crippen molar-refractivity contribution in [3.05, 3.63) is 0 Å². The average Bonchev–Trinajstić information content (AvgIpc) is 2.72. The van der Waals surface area contributed by atoms with E-state index < -0.39 is 28.4 Å². The van der Waals surface area contributed by atoms with Crippen molar-refractivity contribution in [3.8, 4) is 0 Å². The van der Waals surface area contributed by atoms with Crippen molar-refractivity contribution in [3.63, 3.8) is 0 Å². The Kier molecular flexibility index (Phi) is 5.94. The Balaban J connectivity index is 2.69. The van der Waals surface area contributed by atoms with Crippen LogP contribution in [0.5, 0.6) is 0 Å². The van der Waals surface area contributed by atoms with Crippen molar-refractivity contribution in [1.82, 2.24) is 10.2 Å². The molecule has 1 heterocycles. The van der Waals surface area contributed by atoms with Gasteiger partial charge in [-0.15, -0.1) is 0 Å². The van der Waals surface area contributed by atoms with Crippen LogP contribution in [-0.2, 0) is 19.4 Å². The monoisotopic (exact) mass is 306 g/mol. The van der Waals surface area contributed by atoms with Gasteiger partial charge in [0.25, 0.3) is 0 Å². The van der Waals surface area contributed by atoms with Crippen LogP contribution in [0.1, 0.15) is 26.7 Å². The van der Waals surface area contributed by atoms with E-state index in [1.807, 2.05) is 13.8 Å². The number of carboxylic acid groups (broad SMARTS) is 1. The van der Waals surface area contributed by atoms with Gasteiger partial charge in [-0.25, -0.2) is 8.42 Å². The van der Waals surface area contributed by atoms with E-state index in [9.17, 15) is 18.0 Å². The van der Waals surface area contributed by atoms with Gasteiger partial charge in [-0.05, 0) is 19.8 Å². The summed E-state index contributed by atoms with van der Waals surface area (Å²) >= 11 is 0. The van der Waals surface area contributed by atoms with Crippen molar-refractivity contribution in [2.45, 2.75) is 38.8 Å². The van der Waals surface area contributed by atoms with Crippen LogP contribution in [-0.4, -0.2) is 67.0 Å². The molecule has 0 saturated carbocycles. The average molecular weight is 306 g/mol. The van der Waals surface area contributed by atoms with Crippen molar-refractivity contribution < 1.29 is 23.1 Å². The second-order valence-electron chi connectivity index (χ2n) is 5.16. The molecule has 0 spiro atoms. The number of nitrogens with zero attached hydrogens (tertiary/aromatic N) is 1. The summed E-state index contributed by atoms with van der Waals surface area (Å²) in [5.74, 6) is -1.63. The lowest BCUT2D eigenvalue weighted by molar-refractivity contribution is -0.145. The standard InChI is InChI=1S/C12H22N2O5S/c1-3-9(2)13-6-11(15)14(7-12(16)17)10-4-5-20(18,19)8-10/h9-10,13H,3-8H2,1-2H3,(H,16,17). The quantitative estimate of drug-likeness (QED) is 0.655. The third-order valence-corrected chi connectivity index (χ3v) is 5.24. The molecule has 7 nitrogen and oxygen atoms in total. The van der Waals surface area contributed by atoms with Crippen molar-refractivity contribution in [2.24, 2.45) is 0 Å². The molecule has 0 aliphatic carbocycles. The number of carbonyl (C=O) groups excluding carboxylic acids is 1. The van der Waals surface area contributed by atoms with Gasteiger partial charge in [0, 0.05) is 12.1 Å². The highest BCUT2D eigenvalue weighted by atomic mass is 32.2. The smallest absolute Gasteiger partial charge is 0.323 e. The molecule has 116 valence electrons. The first-order valence-electron chi connectivity index (χ1n) is 6.70. The van der Waals surface area contributed by atoms with Gasteiger partial charge in [-0.3, -0.25) is 9.59 Å². The molecular formula is C12H22N2O5S. The molecule has 8 heteroatoms. The van der Waals surface area contributed by atoms with Crippen LogP contribution < -0.4 is 5.32 Å². The third-order valence-electron chi connectivity index (χ3n) is 3.49. The van der Waals surface area contributed by atoms with Crippen molar-refractivity contribution in [2.75, 3.05) is 24.6 Å². The number of aliphatic carboxylic acids is 1. The van der Waals surface area contributed by atoms with E-state index in [1.165, 1.54) is 4.90 Å². The van der Waals surface area contributed by atoms with Crippen molar-refractivity contribution in [1.29, 1.82) is 0 Å². The highest BCUT2D eigenvalue weighted by molar-refractivity contribution is 7.91. The van der Waals surface area contributed by atoms with Gasteiger partial charge >= 0.3 is 5.97 Å². The molecule has 0 aromatic carbocycles. The molecule has 0 aromatic rings. The second-order valence-corrected chi connectivity index (χ2v) is 7.39. The highest BCUT2D eigenvalue weighted by Gasteiger charge is 2.35. The van der Waals surface area contributed by atoms with Gasteiger partial charge in [-0.1, -0.05) is 6.92 Å². The number of carbonyl (C=O) groups is 2. The topological polar surface area (TPSA) is 104 Å². The minimum absolute atomic E-state index is 0.0137. The van der Waals surface area contributed by atoms with E-state index in [0.29, 0.717) is 6.42 Å². The zero-order chi connectivity index (χ0) is 15.3. The predicted molar refractivity (Wildman–Crippen MR) is 74.2 cm³/mol. The number of rotatable bonds is 7. The van der Waals surface area contributed by atoms with Crippen LogP contribution in [0.3, 0.4) is 0 Å². The second kappa shape index (κ2) is 7.03. The van der Waals surface area contributed by atoms with Gasteiger partial charge in [0.2, 0.25) is 5.91 Å². The first kappa shape index (κ1) is 16.9. The first-order valence-corrected chi connectivity index (χ1v) is 8.52. The Labute approximate surface area is 119 Å². The molecule has 1 fully saturated rings. The maximum Gasteiger partial charge on any atom is 0.323 e. The molecule has 1 rings (SSSR count). The van der Waals surface area contributed by atoms with Gasteiger partial charge in [0.1, 0.15) is 6.54 Å². The number of hydrogen-bond donors (Lipinski definition) is 2. The van der Waals surface area contributed by atoms with Gasteiger partial charge in [-0.2, -0.15) is 0 Å². The zero-order valence-electron chi connectivity index (χ0n) is 11.8. The summed E-state index contributed by atoms with van der Waals surface area (Å²) in [6.45, 7) is 3.47. The number of carboxylic acids is 1. The van der Waals surface area contributed by atoms with E-state index in [4.69, 9.17) is 5.11 Å². The molecule has 2 N–H and O–H groups in total. The van der Waals surface area contributed by atoms with Gasteiger partial charge in [0.05, 0.1) is 18.1 Å².